The molecule has 6 nitrogen and oxygen atoms in total. The molecule has 0 spiro atoms. The third-order valence-corrected chi connectivity index (χ3v) is 4.96. The third-order valence-electron chi connectivity index (χ3n) is 4.71. The predicted molar refractivity (Wildman–Crippen MR) is 105 cm³/mol. The Morgan fingerprint density at radius 1 is 1.22 bits per heavy atom. The molecule has 0 saturated heterocycles. The van der Waals surface area contributed by atoms with Gasteiger partial charge < -0.3 is 15.1 Å². The van der Waals surface area contributed by atoms with Crippen LogP contribution in [0.15, 0.2) is 48.7 Å². The number of aromatic nitrogens is 1. The maximum Gasteiger partial charge on any atom is 0.255 e. The summed E-state index contributed by atoms with van der Waals surface area (Å²) in [6, 6.07) is 9.13. The third kappa shape index (κ3) is 3.66. The van der Waals surface area contributed by atoms with Gasteiger partial charge in [-0.25, -0.2) is 4.98 Å². The van der Waals surface area contributed by atoms with Crippen LogP contribution in [-0.2, 0) is 11.3 Å². The summed E-state index contributed by atoms with van der Waals surface area (Å²) >= 11 is 5.95. The zero-order valence-electron chi connectivity index (χ0n) is 14.7. The molecule has 0 saturated carbocycles. The second-order valence-corrected chi connectivity index (χ2v) is 7.00. The lowest BCUT2D eigenvalue weighted by molar-refractivity contribution is -0.117. The smallest absolute Gasteiger partial charge is 0.255 e. The molecule has 3 heterocycles. The molecular weight excluding hydrogens is 364 g/mol. The van der Waals surface area contributed by atoms with Gasteiger partial charge in [0.25, 0.3) is 5.91 Å². The van der Waals surface area contributed by atoms with Gasteiger partial charge >= 0.3 is 0 Å². The van der Waals surface area contributed by atoms with Crippen molar-refractivity contribution >= 4 is 34.9 Å². The Hall–Kier alpha value is -2.86. The predicted octanol–water partition coefficient (Wildman–Crippen LogP) is 3.10. The highest BCUT2D eigenvalue weighted by atomic mass is 35.5. The SMILES string of the molecule is O=C(c1cnc2c(c1)N(Cc1ccc(Cl)cc1)C(=O)CN2)N1CC=CCC1. The number of anilines is 2. The number of nitrogens with one attached hydrogen (secondary N) is 1. The van der Waals surface area contributed by atoms with E-state index in [1.165, 1.54) is 0 Å². The van der Waals surface area contributed by atoms with Crippen LogP contribution >= 0.6 is 11.6 Å². The molecule has 0 bridgehead atoms. The molecule has 0 unspecified atom stereocenters. The molecule has 1 aromatic carbocycles. The molecule has 0 aliphatic carbocycles. The number of hydrogen-bond donors (Lipinski definition) is 1. The van der Waals surface area contributed by atoms with E-state index >= 15 is 0 Å². The van der Waals surface area contributed by atoms with Crippen molar-refractivity contribution in [2.45, 2.75) is 13.0 Å². The number of carbonyl (C=O) groups is 2. The number of hydrogen-bond acceptors (Lipinski definition) is 4. The quantitative estimate of drug-likeness (QED) is 0.828. The van der Waals surface area contributed by atoms with Gasteiger partial charge in [0.2, 0.25) is 5.91 Å². The fourth-order valence-electron chi connectivity index (χ4n) is 3.26. The molecule has 0 radical (unpaired) electrons. The molecule has 2 aromatic rings. The van der Waals surface area contributed by atoms with Crippen LogP contribution in [0.2, 0.25) is 5.02 Å². The highest BCUT2D eigenvalue weighted by Gasteiger charge is 2.27. The number of nitrogens with zero attached hydrogens (tertiary/aromatic N) is 3. The maximum atomic E-state index is 12.8. The second kappa shape index (κ2) is 7.40. The van der Waals surface area contributed by atoms with Crippen molar-refractivity contribution in [3.8, 4) is 0 Å². The van der Waals surface area contributed by atoms with Crippen LogP contribution in [0.1, 0.15) is 22.3 Å². The van der Waals surface area contributed by atoms with Gasteiger partial charge in [-0.2, -0.15) is 0 Å². The zero-order valence-corrected chi connectivity index (χ0v) is 15.4. The van der Waals surface area contributed by atoms with E-state index in [1.807, 2.05) is 18.2 Å². The van der Waals surface area contributed by atoms with E-state index in [9.17, 15) is 9.59 Å². The number of rotatable bonds is 3. The van der Waals surface area contributed by atoms with Crippen molar-refractivity contribution < 1.29 is 9.59 Å². The first-order valence-electron chi connectivity index (χ1n) is 8.85. The summed E-state index contributed by atoms with van der Waals surface area (Å²) < 4.78 is 0. The molecule has 4 rings (SSSR count). The normalized spacial score (nSPS) is 16.1. The molecule has 0 atom stereocenters. The summed E-state index contributed by atoms with van der Waals surface area (Å²) in [6.45, 7) is 1.87. The molecule has 0 fully saturated rings. The second-order valence-electron chi connectivity index (χ2n) is 6.56. The Labute approximate surface area is 162 Å². The van der Waals surface area contributed by atoms with Crippen LogP contribution in [0.25, 0.3) is 0 Å². The van der Waals surface area contributed by atoms with Crippen LogP contribution in [-0.4, -0.2) is 41.3 Å². The number of fused-ring (bicyclic) bond motifs is 1. The van der Waals surface area contributed by atoms with Crippen LogP contribution in [0.3, 0.4) is 0 Å². The number of halogens is 1. The molecule has 138 valence electrons. The summed E-state index contributed by atoms with van der Waals surface area (Å²) in [7, 11) is 0. The van der Waals surface area contributed by atoms with Gasteiger partial charge in [-0.3, -0.25) is 9.59 Å². The van der Waals surface area contributed by atoms with E-state index in [1.54, 1.807) is 34.2 Å². The van der Waals surface area contributed by atoms with Crippen molar-refractivity contribution in [3.05, 3.63) is 64.8 Å². The van der Waals surface area contributed by atoms with Crippen molar-refractivity contribution in [1.29, 1.82) is 0 Å². The van der Waals surface area contributed by atoms with E-state index in [2.05, 4.69) is 16.4 Å². The minimum Gasteiger partial charge on any atom is -0.359 e. The Bertz CT molecular complexity index is 911. The number of amides is 2. The largest absolute Gasteiger partial charge is 0.359 e. The first-order valence-corrected chi connectivity index (χ1v) is 9.22. The Balaban J connectivity index is 1.63. The van der Waals surface area contributed by atoms with E-state index in [4.69, 9.17) is 11.6 Å². The molecule has 2 aliphatic heterocycles. The molecular formula is C20H19ClN4O2. The highest BCUT2D eigenvalue weighted by Crippen LogP contribution is 2.30. The summed E-state index contributed by atoms with van der Waals surface area (Å²) in [4.78, 5) is 33.1. The van der Waals surface area contributed by atoms with Crippen molar-refractivity contribution in [2.24, 2.45) is 0 Å². The zero-order chi connectivity index (χ0) is 18.8. The van der Waals surface area contributed by atoms with Crippen molar-refractivity contribution in [3.63, 3.8) is 0 Å². The van der Waals surface area contributed by atoms with Crippen LogP contribution < -0.4 is 10.2 Å². The lowest BCUT2D eigenvalue weighted by Crippen LogP contribution is -2.40. The minimum atomic E-state index is -0.0703. The Morgan fingerprint density at radius 2 is 2.04 bits per heavy atom. The number of carbonyl (C=O) groups excluding carboxylic acids is 2. The summed E-state index contributed by atoms with van der Waals surface area (Å²) in [5.41, 5.74) is 2.07. The topological polar surface area (TPSA) is 65.5 Å². The molecule has 1 aromatic heterocycles. The van der Waals surface area contributed by atoms with Gasteiger partial charge in [0.1, 0.15) is 0 Å². The fraction of sp³-hybridized carbons (Fsp3) is 0.250. The highest BCUT2D eigenvalue weighted by molar-refractivity contribution is 6.30. The average molecular weight is 383 g/mol. The first kappa shape index (κ1) is 17.5. The van der Waals surface area contributed by atoms with Gasteiger partial charge in [0.05, 0.1) is 24.3 Å². The number of benzene rings is 1. The lowest BCUT2D eigenvalue weighted by atomic mass is 10.1. The molecule has 27 heavy (non-hydrogen) atoms. The van der Waals surface area contributed by atoms with Gasteiger partial charge in [0, 0.05) is 24.3 Å². The average Bonchev–Trinajstić information content (AvgIpc) is 2.71. The monoisotopic (exact) mass is 382 g/mol. The summed E-state index contributed by atoms with van der Waals surface area (Å²) in [5, 5.41) is 3.67. The van der Waals surface area contributed by atoms with Gasteiger partial charge in [-0.1, -0.05) is 35.9 Å². The maximum absolute atomic E-state index is 12.8. The first-order chi connectivity index (χ1) is 13.1. The van der Waals surface area contributed by atoms with E-state index < -0.39 is 0 Å². The van der Waals surface area contributed by atoms with E-state index in [-0.39, 0.29) is 18.4 Å². The van der Waals surface area contributed by atoms with E-state index in [0.717, 1.165) is 12.0 Å². The van der Waals surface area contributed by atoms with Crippen LogP contribution in [0, 0.1) is 0 Å². The van der Waals surface area contributed by atoms with Crippen LogP contribution in [0.5, 0.6) is 0 Å². The summed E-state index contributed by atoms with van der Waals surface area (Å²) in [5.74, 6) is 0.475. The molecule has 2 amide bonds. The summed E-state index contributed by atoms with van der Waals surface area (Å²) in [6.07, 6.45) is 6.49. The Morgan fingerprint density at radius 3 is 2.78 bits per heavy atom. The van der Waals surface area contributed by atoms with E-state index in [0.29, 0.717) is 41.7 Å². The van der Waals surface area contributed by atoms with Crippen molar-refractivity contribution in [2.75, 3.05) is 29.9 Å². The molecule has 2 aliphatic rings. The lowest BCUT2D eigenvalue weighted by Gasteiger charge is -2.30. The minimum absolute atomic E-state index is 0.0650. The standard InChI is InChI=1S/C20H19ClN4O2/c21-16-6-4-14(5-7-16)13-25-17-10-15(11-22-19(17)23-12-18(25)26)20(27)24-8-2-1-3-9-24/h1-2,4-7,10-11H,3,8-9,12-13H2,(H,22,23). The van der Waals surface area contributed by atoms with Gasteiger partial charge in [-0.15, -0.1) is 0 Å². The molecule has 1 N–H and O–H groups in total. The fourth-order valence-corrected chi connectivity index (χ4v) is 3.38. The van der Waals surface area contributed by atoms with Crippen molar-refractivity contribution in [1.82, 2.24) is 9.88 Å². The number of pyridine rings is 1. The Kier molecular flexibility index (Phi) is 4.81. The molecule has 7 heteroatoms. The van der Waals surface area contributed by atoms with Crippen LogP contribution in [0.4, 0.5) is 11.5 Å². The van der Waals surface area contributed by atoms with Gasteiger partial charge in [0.15, 0.2) is 5.82 Å². The van der Waals surface area contributed by atoms with Gasteiger partial charge in [-0.05, 0) is 30.2 Å².